The van der Waals surface area contributed by atoms with Gasteiger partial charge in [-0.15, -0.1) is 0 Å². The number of hydrogen-bond acceptors (Lipinski definition) is 5. The standard InChI is InChI=1S/C25H25ClFN3O5S/c26-19-5-9-22(10-6-19)36(33,34)30-13-11-17(12-14-30)23(25(32)28-16-21-2-1-15-35-21)29-24(31)18-3-7-20(27)8-4-18/h1-10,15,17,23H,11-14,16H2,(H,28,32)(H,29,31). The molecule has 0 radical (unpaired) electrons. The number of benzene rings is 2. The van der Waals surface area contributed by atoms with E-state index in [2.05, 4.69) is 10.6 Å². The molecule has 1 aliphatic heterocycles. The molecule has 0 saturated carbocycles. The predicted molar refractivity (Wildman–Crippen MR) is 131 cm³/mol. The lowest BCUT2D eigenvalue weighted by Gasteiger charge is -2.35. The van der Waals surface area contributed by atoms with Crippen LogP contribution in [0.4, 0.5) is 4.39 Å². The van der Waals surface area contributed by atoms with E-state index >= 15 is 0 Å². The summed E-state index contributed by atoms with van der Waals surface area (Å²) < 4.78 is 45.9. The monoisotopic (exact) mass is 533 g/mol. The maximum absolute atomic E-state index is 13.3. The van der Waals surface area contributed by atoms with E-state index in [1.165, 1.54) is 59.1 Å². The van der Waals surface area contributed by atoms with Crippen LogP contribution in [0.2, 0.25) is 5.02 Å². The topological polar surface area (TPSA) is 109 Å². The molecule has 8 nitrogen and oxygen atoms in total. The number of furan rings is 1. The van der Waals surface area contributed by atoms with E-state index in [0.29, 0.717) is 23.6 Å². The zero-order valence-corrected chi connectivity index (χ0v) is 20.8. The van der Waals surface area contributed by atoms with Crippen molar-refractivity contribution in [2.75, 3.05) is 13.1 Å². The number of sulfonamides is 1. The molecule has 2 heterocycles. The molecule has 1 atom stereocenters. The van der Waals surface area contributed by atoms with Gasteiger partial charge in [0.2, 0.25) is 15.9 Å². The van der Waals surface area contributed by atoms with Crippen molar-refractivity contribution < 1.29 is 26.8 Å². The molecule has 1 unspecified atom stereocenters. The van der Waals surface area contributed by atoms with Crippen LogP contribution in [0.25, 0.3) is 0 Å². The fourth-order valence-corrected chi connectivity index (χ4v) is 5.72. The van der Waals surface area contributed by atoms with Gasteiger partial charge < -0.3 is 15.1 Å². The largest absolute Gasteiger partial charge is 0.467 e. The Morgan fingerprint density at radius 3 is 2.33 bits per heavy atom. The third-order valence-electron chi connectivity index (χ3n) is 6.11. The summed E-state index contributed by atoms with van der Waals surface area (Å²) in [6, 6.07) is 13.5. The van der Waals surface area contributed by atoms with Crippen LogP contribution in [0.3, 0.4) is 0 Å². The molecule has 2 N–H and O–H groups in total. The van der Waals surface area contributed by atoms with Crippen LogP contribution in [0.5, 0.6) is 0 Å². The van der Waals surface area contributed by atoms with E-state index in [9.17, 15) is 22.4 Å². The second-order valence-corrected chi connectivity index (χ2v) is 10.8. The maximum atomic E-state index is 13.3. The number of rotatable bonds is 8. The summed E-state index contributed by atoms with van der Waals surface area (Å²) in [5.74, 6) is -1.18. The number of piperidine rings is 1. The van der Waals surface area contributed by atoms with Gasteiger partial charge >= 0.3 is 0 Å². The number of carbonyl (C=O) groups excluding carboxylic acids is 2. The number of hydrogen-bond donors (Lipinski definition) is 2. The van der Waals surface area contributed by atoms with Crippen molar-refractivity contribution in [3.05, 3.63) is 89.1 Å². The fraction of sp³-hybridized carbons (Fsp3) is 0.280. The molecule has 1 aliphatic rings. The summed E-state index contributed by atoms with van der Waals surface area (Å²) >= 11 is 5.88. The van der Waals surface area contributed by atoms with E-state index in [4.69, 9.17) is 16.0 Å². The smallest absolute Gasteiger partial charge is 0.251 e. The lowest BCUT2D eigenvalue weighted by molar-refractivity contribution is -0.124. The molecule has 0 spiro atoms. The molecule has 0 aliphatic carbocycles. The molecule has 3 aromatic rings. The quantitative estimate of drug-likeness (QED) is 0.460. The summed E-state index contributed by atoms with van der Waals surface area (Å²) in [5.41, 5.74) is 0.211. The first-order valence-corrected chi connectivity index (χ1v) is 13.2. The highest BCUT2D eigenvalue weighted by Gasteiger charge is 2.36. The first kappa shape index (κ1) is 25.9. The summed E-state index contributed by atoms with van der Waals surface area (Å²) in [6.45, 7) is 0.507. The van der Waals surface area contributed by atoms with Crippen molar-refractivity contribution in [3.8, 4) is 0 Å². The normalized spacial score (nSPS) is 15.8. The molecule has 2 amide bonds. The third kappa shape index (κ3) is 6.13. The number of halogens is 2. The SMILES string of the molecule is O=C(NC(C(=O)NCc1ccco1)C1CCN(S(=O)(=O)c2ccc(Cl)cc2)CC1)c1ccc(F)cc1. The van der Waals surface area contributed by atoms with Crippen molar-refractivity contribution >= 4 is 33.4 Å². The van der Waals surface area contributed by atoms with Crippen LogP contribution in [0.15, 0.2) is 76.2 Å². The highest BCUT2D eigenvalue weighted by Crippen LogP contribution is 2.27. The molecule has 1 saturated heterocycles. The zero-order chi connectivity index (χ0) is 25.7. The van der Waals surface area contributed by atoms with E-state index < -0.39 is 33.7 Å². The van der Waals surface area contributed by atoms with Crippen molar-refractivity contribution in [1.29, 1.82) is 0 Å². The third-order valence-corrected chi connectivity index (χ3v) is 8.28. The Labute approximate surface area is 213 Å². The average Bonchev–Trinajstić information content (AvgIpc) is 3.40. The highest BCUT2D eigenvalue weighted by molar-refractivity contribution is 7.89. The van der Waals surface area contributed by atoms with Crippen LogP contribution in [-0.2, 0) is 21.4 Å². The van der Waals surface area contributed by atoms with Gasteiger partial charge in [0.1, 0.15) is 17.6 Å². The maximum Gasteiger partial charge on any atom is 0.251 e. The lowest BCUT2D eigenvalue weighted by Crippen LogP contribution is -2.53. The van der Waals surface area contributed by atoms with E-state index in [0.717, 1.165) is 0 Å². The Balaban J connectivity index is 1.46. The van der Waals surface area contributed by atoms with Crippen LogP contribution < -0.4 is 10.6 Å². The van der Waals surface area contributed by atoms with Gasteiger partial charge in [-0.2, -0.15) is 4.31 Å². The minimum atomic E-state index is -3.72. The number of nitrogens with zero attached hydrogens (tertiary/aromatic N) is 1. The Morgan fingerprint density at radius 2 is 1.72 bits per heavy atom. The minimum absolute atomic E-state index is 0.137. The number of amides is 2. The predicted octanol–water partition coefficient (Wildman–Crippen LogP) is 3.59. The second-order valence-electron chi connectivity index (χ2n) is 8.45. The molecule has 4 rings (SSSR count). The van der Waals surface area contributed by atoms with Gasteiger partial charge in [0.05, 0.1) is 17.7 Å². The molecule has 11 heteroatoms. The van der Waals surface area contributed by atoms with E-state index in [1.807, 2.05) is 0 Å². The van der Waals surface area contributed by atoms with Crippen molar-refractivity contribution in [1.82, 2.24) is 14.9 Å². The molecular formula is C25H25ClFN3O5S. The fourth-order valence-electron chi connectivity index (χ4n) is 4.13. The van der Waals surface area contributed by atoms with Crippen LogP contribution in [0, 0.1) is 11.7 Å². The summed E-state index contributed by atoms with van der Waals surface area (Å²) in [5, 5.41) is 5.96. The van der Waals surface area contributed by atoms with Gasteiger partial charge in [0, 0.05) is 23.7 Å². The van der Waals surface area contributed by atoms with Gasteiger partial charge in [0.15, 0.2) is 0 Å². The van der Waals surface area contributed by atoms with Gasteiger partial charge in [-0.05, 0) is 79.4 Å². The van der Waals surface area contributed by atoms with E-state index in [-0.39, 0.29) is 36.0 Å². The van der Waals surface area contributed by atoms with Crippen LogP contribution in [0.1, 0.15) is 29.0 Å². The van der Waals surface area contributed by atoms with Crippen LogP contribution in [-0.4, -0.2) is 43.7 Å². The first-order chi connectivity index (χ1) is 17.2. The summed E-state index contributed by atoms with van der Waals surface area (Å²) in [6.07, 6.45) is 2.21. The Bertz CT molecular complexity index is 1290. The molecule has 2 aromatic carbocycles. The Hall–Kier alpha value is -3.21. The van der Waals surface area contributed by atoms with Crippen molar-refractivity contribution in [2.24, 2.45) is 5.92 Å². The van der Waals surface area contributed by atoms with Crippen molar-refractivity contribution in [3.63, 3.8) is 0 Å². The van der Waals surface area contributed by atoms with Gasteiger partial charge in [-0.1, -0.05) is 11.6 Å². The molecular weight excluding hydrogens is 509 g/mol. The Morgan fingerprint density at radius 1 is 1.06 bits per heavy atom. The molecule has 36 heavy (non-hydrogen) atoms. The molecule has 190 valence electrons. The average molecular weight is 534 g/mol. The lowest BCUT2D eigenvalue weighted by atomic mass is 9.89. The van der Waals surface area contributed by atoms with Gasteiger partial charge in [-0.25, -0.2) is 12.8 Å². The highest BCUT2D eigenvalue weighted by atomic mass is 35.5. The van der Waals surface area contributed by atoms with Crippen LogP contribution >= 0.6 is 11.6 Å². The summed E-state index contributed by atoms with van der Waals surface area (Å²) in [7, 11) is -3.72. The molecule has 1 aromatic heterocycles. The van der Waals surface area contributed by atoms with Gasteiger partial charge in [-0.3, -0.25) is 9.59 Å². The van der Waals surface area contributed by atoms with Gasteiger partial charge in [0.25, 0.3) is 5.91 Å². The van der Waals surface area contributed by atoms with E-state index in [1.54, 1.807) is 12.1 Å². The first-order valence-electron chi connectivity index (χ1n) is 11.4. The zero-order valence-electron chi connectivity index (χ0n) is 19.2. The number of carbonyl (C=O) groups is 2. The molecule has 0 bridgehead atoms. The second kappa shape index (κ2) is 11.2. The Kier molecular flexibility index (Phi) is 8.07. The minimum Gasteiger partial charge on any atom is -0.467 e. The number of nitrogens with one attached hydrogen (secondary N) is 2. The summed E-state index contributed by atoms with van der Waals surface area (Å²) in [4.78, 5) is 26.1. The molecule has 1 fully saturated rings. The van der Waals surface area contributed by atoms with Crippen molar-refractivity contribution in [2.45, 2.75) is 30.3 Å².